The molecule has 0 aliphatic heterocycles. The molecule has 2 N–H and O–H groups in total. The molecule has 18 heavy (non-hydrogen) atoms. The van der Waals surface area contributed by atoms with Crippen LogP contribution in [-0.2, 0) is 5.54 Å². The maximum Gasteiger partial charge on any atom is 0.248 e. The third-order valence-corrected chi connectivity index (χ3v) is 4.54. The molecular formula is C12H15F2N3S. The Morgan fingerprint density at radius 2 is 2.00 bits per heavy atom. The van der Waals surface area contributed by atoms with Gasteiger partial charge < -0.3 is 5.73 Å². The van der Waals surface area contributed by atoms with E-state index in [0.717, 1.165) is 16.3 Å². The first-order chi connectivity index (χ1) is 8.41. The first-order valence-electron chi connectivity index (χ1n) is 6.01. The van der Waals surface area contributed by atoms with Crippen molar-refractivity contribution in [2.45, 2.75) is 44.1 Å². The molecule has 1 saturated carbocycles. The van der Waals surface area contributed by atoms with Crippen molar-refractivity contribution in [3.05, 3.63) is 23.0 Å². The van der Waals surface area contributed by atoms with E-state index in [2.05, 4.69) is 4.98 Å². The van der Waals surface area contributed by atoms with Crippen molar-refractivity contribution in [3.8, 4) is 0 Å². The summed E-state index contributed by atoms with van der Waals surface area (Å²) in [5, 5.41) is 1.94. The summed E-state index contributed by atoms with van der Waals surface area (Å²) in [7, 11) is 0. The highest BCUT2D eigenvalue weighted by Crippen LogP contribution is 2.43. The number of hydrogen-bond acceptors (Lipinski definition) is 3. The van der Waals surface area contributed by atoms with E-state index >= 15 is 0 Å². The lowest BCUT2D eigenvalue weighted by molar-refractivity contribution is -0.0520. The summed E-state index contributed by atoms with van der Waals surface area (Å²) in [6, 6.07) is 0. The molecule has 98 valence electrons. The van der Waals surface area contributed by atoms with Crippen molar-refractivity contribution >= 4 is 16.3 Å². The molecule has 0 bridgehead atoms. The molecule has 3 rings (SSSR count). The van der Waals surface area contributed by atoms with E-state index < -0.39 is 11.5 Å². The molecular weight excluding hydrogens is 256 g/mol. The SMILES string of the molecule is Cc1nc2sccn2c1C1(N)CCC(F)(F)CC1. The van der Waals surface area contributed by atoms with E-state index in [1.54, 1.807) is 0 Å². The van der Waals surface area contributed by atoms with Crippen LogP contribution in [-0.4, -0.2) is 15.3 Å². The number of imidazole rings is 1. The molecule has 2 aromatic heterocycles. The highest BCUT2D eigenvalue weighted by atomic mass is 32.1. The smallest absolute Gasteiger partial charge is 0.248 e. The van der Waals surface area contributed by atoms with Crippen LogP contribution in [0.2, 0.25) is 0 Å². The van der Waals surface area contributed by atoms with Gasteiger partial charge in [-0.15, -0.1) is 11.3 Å². The van der Waals surface area contributed by atoms with Gasteiger partial charge in [-0.1, -0.05) is 0 Å². The Kier molecular flexibility index (Phi) is 2.50. The van der Waals surface area contributed by atoms with Gasteiger partial charge in [0.1, 0.15) is 0 Å². The van der Waals surface area contributed by atoms with Crippen molar-refractivity contribution < 1.29 is 8.78 Å². The van der Waals surface area contributed by atoms with Crippen molar-refractivity contribution in [1.29, 1.82) is 0 Å². The van der Waals surface area contributed by atoms with Gasteiger partial charge in [-0.2, -0.15) is 0 Å². The summed E-state index contributed by atoms with van der Waals surface area (Å²) in [6.07, 6.45) is 2.26. The topological polar surface area (TPSA) is 43.3 Å². The van der Waals surface area contributed by atoms with Crippen molar-refractivity contribution in [1.82, 2.24) is 9.38 Å². The zero-order chi connectivity index (χ0) is 13.0. The van der Waals surface area contributed by atoms with Crippen LogP contribution in [0.15, 0.2) is 11.6 Å². The minimum atomic E-state index is -2.56. The van der Waals surface area contributed by atoms with Crippen LogP contribution in [0, 0.1) is 6.92 Å². The maximum absolute atomic E-state index is 13.3. The van der Waals surface area contributed by atoms with Gasteiger partial charge in [0, 0.05) is 24.4 Å². The molecule has 1 aliphatic carbocycles. The molecule has 1 fully saturated rings. The Morgan fingerprint density at radius 1 is 1.33 bits per heavy atom. The minimum Gasteiger partial charge on any atom is -0.320 e. The second kappa shape index (κ2) is 3.74. The van der Waals surface area contributed by atoms with Crippen LogP contribution in [0.25, 0.3) is 4.96 Å². The van der Waals surface area contributed by atoms with Crippen molar-refractivity contribution in [2.24, 2.45) is 5.73 Å². The van der Waals surface area contributed by atoms with Crippen molar-refractivity contribution in [3.63, 3.8) is 0 Å². The van der Waals surface area contributed by atoms with Crippen molar-refractivity contribution in [2.75, 3.05) is 0 Å². The molecule has 1 aliphatic rings. The van der Waals surface area contributed by atoms with Crippen LogP contribution in [0.1, 0.15) is 37.1 Å². The fraction of sp³-hybridized carbons (Fsp3) is 0.583. The molecule has 0 unspecified atom stereocenters. The van der Waals surface area contributed by atoms with Gasteiger partial charge in [-0.25, -0.2) is 13.8 Å². The Hall–Kier alpha value is -1.01. The van der Waals surface area contributed by atoms with E-state index in [1.807, 2.05) is 22.9 Å². The number of nitrogens with two attached hydrogens (primary N) is 1. The molecule has 3 nitrogen and oxygen atoms in total. The number of hydrogen-bond donors (Lipinski definition) is 1. The molecule has 2 heterocycles. The van der Waals surface area contributed by atoms with E-state index in [9.17, 15) is 8.78 Å². The van der Waals surface area contributed by atoms with Gasteiger partial charge >= 0.3 is 0 Å². The van der Waals surface area contributed by atoms with Gasteiger partial charge in [0.15, 0.2) is 4.96 Å². The average Bonchev–Trinajstić information content (AvgIpc) is 2.82. The first kappa shape index (κ1) is 12.0. The number of aromatic nitrogens is 2. The molecule has 0 aromatic carbocycles. The number of thiazole rings is 1. The normalized spacial score (nSPS) is 22.4. The fourth-order valence-electron chi connectivity index (χ4n) is 2.79. The van der Waals surface area contributed by atoms with E-state index in [-0.39, 0.29) is 12.8 Å². The quantitative estimate of drug-likeness (QED) is 0.866. The molecule has 0 saturated heterocycles. The number of alkyl halides is 2. The second-order valence-electron chi connectivity index (χ2n) is 5.11. The maximum atomic E-state index is 13.3. The van der Waals surface area contributed by atoms with Crippen LogP contribution >= 0.6 is 11.3 Å². The number of aryl methyl sites for hydroxylation is 1. The Bertz CT molecular complexity index is 577. The van der Waals surface area contributed by atoms with E-state index in [0.29, 0.717) is 12.8 Å². The zero-order valence-electron chi connectivity index (χ0n) is 10.1. The summed E-state index contributed by atoms with van der Waals surface area (Å²) in [4.78, 5) is 5.32. The van der Waals surface area contributed by atoms with Gasteiger partial charge in [0.25, 0.3) is 0 Å². The van der Waals surface area contributed by atoms with Crippen LogP contribution in [0.3, 0.4) is 0 Å². The van der Waals surface area contributed by atoms with Crippen LogP contribution in [0.5, 0.6) is 0 Å². The van der Waals surface area contributed by atoms with Crippen LogP contribution in [0.4, 0.5) is 8.78 Å². The fourth-order valence-corrected chi connectivity index (χ4v) is 3.55. The zero-order valence-corrected chi connectivity index (χ0v) is 10.9. The van der Waals surface area contributed by atoms with Gasteiger partial charge in [-0.05, 0) is 19.8 Å². The first-order valence-corrected chi connectivity index (χ1v) is 6.89. The summed E-state index contributed by atoms with van der Waals surface area (Å²) in [5.41, 5.74) is 7.46. The van der Waals surface area contributed by atoms with Crippen LogP contribution < -0.4 is 5.73 Å². The lowest BCUT2D eigenvalue weighted by Gasteiger charge is -2.37. The summed E-state index contributed by atoms with van der Waals surface area (Å²) in [5.74, 6) is -2.56. The third kappa shape index (κ3) is 1.75. The molecule has 2 aromatic rings. The second-order valence-corrected chi connectivity index (χ2v) is 5.99. The summed E-state index contributed by atoms with van der Waals surface area (Å²) in [6.45, 7) is 1.90. The molecule has 0 amide bonds. The lowest BCUT2D eigenvalue weighted by Crippen LogP contribution is -2.44. The summed E-state index contributed by atoms with van der Waals surface area (Å²) < 4.78 is 28.5. The summed E-state index contributed by atoms with van der Waals surface area (Å²) >= 11 is 1.53. The Balaban J connectivity index is 2.03. The molecule has 0 radical (unpaired) electrons. The highest BCUT2D eigenvalue weighted by Gasteiger charge is 2.44. The minimum absolute atomic E-state index is 0.139. The van der Waals surface area contributed by atoms with E-state index in [4.69, 9.17) is 5.73 Å². The van der Waals surface area contributed by atoms with Gasteiger partial charge in [0.2, 0.25) is 5.92 Å². The van der Waals surface area contributed by atoms with E-state index in [1.165, 1.54) is 11.3 Å². The Morgan fingerprint density at radius 3 is 2.67 bits per heavy atom. The molecule has 0 atom stereocenters. The standard InChI is InChI=1S/C12H15F2N3S/c1-8-9(17-6-7-18-10(17)16-8)11(15)2-4-12(13,14)5-3-11/h6-7H,2-5,15H2,1H3. The highest BCUT2D eigenvalue weighted by molar-refractivity contribution is 7.15. The predicted octanol–water partition coefficient (Wildman–Crippen LogP) is 3.07. The monoisotopic (exact) mass is 271 g/mol. The number of nitrogens with zero attached hydrogens (tertiary/aromatic N) is 2. The van der Waals surface area contributed by atoms with Gasteiger partial charge in [-0.3, -0.25) is 4.40 Å². The molecule has 6 heteroatoms. The number of fused-ring (bicyclic) bond motifs is 1. The largest absolute Gasteiger partial charge is 0.320 e. The number of halogens is 2. The average molecular weight is 271 g/mol. The third-order valence-electron chi connectivity index (χ3n) is 3.78. The lowest BCUT2D eigenvalue weighted by atomic mass is 9.78. The van der Waals surface area contributed by atoms with Gasteiger partial charge in [0.05, 0.1) is 16.9 Å². The number of rotatable bonds is 1. The Labute approximate surface area is 108 Å². The molecule has 0 spiro atoms. The predicted molar refractivity (Wildman–Crippen MR) is 67.1 cm³/mol.